The number of Topliss-reactive ketones (excluding diaryl/α,β-unsaturated/α-hetero) is 1. The molecule has 0 saturated heterocycles. The van der Waals surface area contributed by atoms with Gasteiger partial charge >= 0.3 is 0 Å². The van der Waals surface area contributed by atoms with Gasteiger partial charge in [-0.1, -0.05) is 24.6 Å². The van der Waals surface area contributed by atoms with Gasteiger partial charge in [-0.05, 0) is 55.3 Å². The monoisotopic (exact) mass is 245 g/mol. The Bertz CT molecular complexity index is 421. The summed E-state index contributed by atoms with van der Waals surface area (Å²) in [4.78, 5) is 12.2. The van der Waals surface area contributed by atoms with E-state index in [0.29, 0.717) is 25.2 Å². The van der Waals surface area contributed by atoms with E-state index in [0.717, 1.165) is 12.8 Å². The molecule has 0 spiro atoms. The van der Waals surface area contributed by atoms with Gasteiger partial charge in [0.05, 0.1) is 0 Å². The van der Waals surface area contributed by atoms with Crippen molar-refractivity contribution in [3.8, 4) is 0 Å². The molecule has 0 radical (unpaired) electrons. The van der Waals surface area contributed by atoms with Crippen LogP contribution in [0.15, 0.2) is 18.2 Å². The fourth-order valence-corrected chi connectivity index (χ4v) is 2.94. The largest absolute Gasteiger partial charge is 0.330 e. The topological polar surface area (TPSA) is 43.1 Å². The Balaban J connectivity index is 2.03. The molecule has 0 heterocycles. The molecule has 18 heavy (non-hydrogen) atoms. The highest BCUT2D eigenvalue weighted by atomic mass is 16.1. The van der Waals surface area contributed by atoms with E-state index in [2.05, 4.69) is 26.0 Å². The van der Waals surface area contributed by atoms with Gasteiger partial charge in [0.2, 0.25) is 0 Å². The molecule has 0 aliphatic heterocycles. The van der Waals surface area contributed by atoms with Crippen molar-refractivity contribution in [2.75, 3.05) is 6.54 Å². The third kappa shape index (κ3) is 2.64. The van der Waals surface area contributed by atoms with E-state index in [4.69, 9.17) is 5.73 Å². The van der Waals surface area contributed by atoms with Crippen molar-refractivity contribution in [3.63, 3.8) is 0 Å². The summed E-state index contributed by atoms with van der Waals surface area (Å²) in [7, 11) is 0. The van der Waals surface area contributed by atoms with Gasteiger partial charge in [0, 0.05) is 12.8 Å². The average molecular weight is 245 g/mol. The van der Waals surface area contributed by atoms with Crippen LogP contribution < -0.4 is 5.73 Å². The lowest BCUT2D eigenvalue weighted by molar-refractivity contribution is -0.122. The van der Waals surface area contributed by atoms with Gasteiger partial charge < -0.3 is 5.73 Å². The molecule has 2 heteroatoms. The van der Waals surface area contributed by atoms with Crippen molar-refractivity contribution in [1.82, 2.24) is 0 Å². The molecule has 1 aliphatic rings. The van der Waals surface area contributed by atoms with Gasteiger partial charge in [0.15, 0.2) is 0 Å². The van der Waals surface area contributed by atoms with E-state index in [1.165, 1.54) is 23.1 Å². The van der Waals surface area contributed by atoms with Crippen LogP contribution in [0.4, 0.5) is 0 Å². The maximum Gasteiger partial charge on any atom is 0.137 e. The van der Waals surface area contributed by atoms with Gasteiger partial charge in [-0.2, -0.15) is 0 Å². The first-order valence-corrected chi connectivity index (χ1v) is 6.83. The number of hydrogen-bond donors (Lipinski definition) is 1. The van der Waals surface area contributed by atoms with E-state index in [-0.39, 0.29) is 5.41 Å². The van der Waals surface area contributed by atoms with Crippen LogP contribution in [-0.2, 0) is 11.2 Å². The average Bonchev–Trinajstić information content (AvgIpc) is 2.29. The fourth-order valence-electron chi connectivity index (χ4n) is 2.94. The smallest absolute Gasteiger partial charge is 0.137 e. The van der Waals surface area contributed by atoms with Gasteiger partial charge in [-0.3, -0.25) is 4.79 Å². The van der Waals surface area contributed by atoms with Gasteiger partial charge in [0.25, 0.3) is 0 Å². The molecule has 2 nitrogen and oxygen atoms in total. The molecule has 98 valence electrons. The highest BCUT2D eigenvalue weighted by Crippen LogP contribution is 2.43. The fraction of sp³-hybridized carbons (Fsp3) is 0.562. The van der Waals surface area contributed by atoms with Crippen LogP contribution in [0, 0.1) is 19.3 Å². The second-order valence-corrected chi connectivity index (χ2v) is 5.82. The van der Waals surface area contributed by atoms with Crippen molar-refractivity contribution >= 4 is 5.78 Å². The highest BCUT2D eigenvalue weighted by molar-refractivity contribution is 5.82. The zero-order valence-corrected chi connectivity index (χ0v) is 11.5. The lowest BCUT2D eigenvalue weighted by Crippen LogP contribution is -2.39. The third-order valence-corrected chi connectivity index (χ3v) is 4.44. The number of benzene rings is 1. The second kappa shape index (κ2) is 5.23. The third-order valence-electron chi connectivity index (χ3n) is 4.44. The summed E-state index contributed by atoms with van der Waals surface area (Å²) in [6.45, 7) is 4.82. The molecule has 2 N–H and O–H groups in total. The number of nitrogens with two attached hydrogens (primary N) is 1. The zero-order chi connectivity index (χ0) is 13.2. The van der Waals surface area contributed by atoms with Crippen molar-refractivity contribution in [2.45, 2.75) is 46.0 Å². The van der Waals surface area contributed by atoms with Crippen molar-refractivity contribution < 1.29 is 4.79 Å². The van der Waals surface area contributed by atoms with Crippen LogP contribution in [0.25, 0.3) is 0 Å². The van der Waals surface area contributed by atoms with Gasteiger partial charge in [-0.25, -0.2) is 0 Å². The summed E-state index contributed by atoms with van der Waals surface area (Å²) < 4.78 is 0. The first-order chi connectivity index (χ1) is 8.56. The molecule has 1 aliphatic carbocycles. The highest BCUT2D eigenvalue weighted by Gasteiger charge is 2.37. The van der Waals surface area contributed by atoms with Crippen LogP contribution in [-0.4, -0.2) is 12.3 Å². The SMILES string of the molecule is Cc1cccc(C)c1CC(=O)CC1(CN)CCC1. The maximum atomic E-state index is 12.2. The maximum absolute atomic E-state index is 12.2. The quantitative estimate of drug-likeness (QED) is 0.866. The number of rotatable bonds is 5. The molecule has 2 rings (SSSR count). The molecular weight excluding hydrogens is 222 g/mol. The zero-order valence-electron chi connectivity index (χ0n) is 11.5. The van der Waals surface area contributed by atoms with Crippen LogP contribution in [0.1, 0.15) is 42.4 Å². The lowest BCUT2D eigenvalue weighted by Gasteiger charge is -2.40. The summed E-state index contributed by atoms with van der Waals surface area (Å²) in [5.74, 6) is 0.345. The minimum atomic E-state index is 0.133. The summed E-state index contributed by atoms with van der Waals surface area (Å²) in [5.41, 5.74) is 9.60. The molecule has 0 bridgehead atoms. The summed E-state index contributed by atoms with van der Waals surface area (Å²) in [6.07, 6.45) is 4.72. The minimum absolute atomic E-state index is 0.133. The standard InChI is InChI=1S/C16H23NO/c1-12-5-3-6-13(2)15(12)9-14(18)10-16(11-17)7-4-8-16/h3,5-6H,4,7-11,17H2,1-2H3. The molecular formula is C16H23NO. The molecule has 1 fully saturated rings. The predicted molar refractivity (Wildman–Crippen MR) is 74.6 cm³/mol. The van der Waals surface area contributed by atoms with Gasteiger partial charge in [-0.15, -0.1) is 0 Å². The Labute approximate surface area is 110 Å². The minimum Gasteiger partial charge on any atom is -0.330 e. The number of hydrogen-bond acceptors (Lipinski definition) is 2. The first-order valence-electron chi connectivity index (χ1n) is 6.83. The Hall–Kier alpha value is -1.15. The normalized spacial score (nSPS) is 17.3. The van der Waals surface area contributed by atoms with E-state index < -0.39 is 0 Å². The summed E-state index contributed by atoms with van der Waals surface area (Å²) in [6, 6.07) is 6.21. The lowest BCUT2D eigenvalue weighted by atomic mass is 9.65. The van der Waals surface area contributed by atoms with Crippen LogP contribution in [0.5, 0.6) is 0 Å². The Morgan fingerprint density at radius 3 is 2.33 bits per heavy atom. The second-order valence-electron chi connectivity index (χ2n) is 5.82. The molecule has 0 atom stereocenters. The Morgan fingerprint density at radius 1 is 1.28 bits per heavy atom. The molecule has 1 saturated carbocycles. The molecule has 1 aromatic rings. The molecule has 1 aromatic carbocycles. The van der Waals surface area contributed by atoms with Crippen molar-refractivity contribution in [3.05, 3.63) is 34.9 Å². The number of ketones is 1. The summed E-state index contributed by atoms with van der Waals surface area (Å²) >= 11 is 0. The molecule has 0 unspecified atom stereocenters. The molecule has 0 amide bonds. The predicted octanol–water partition coefficient (Wildman–Crippen LogP) is 2.93. The first kappa shape index (κ1) is 13.3. The Kier molecular flexibility index (Phi) is 3.86. The van der Waals surface area contributed by atoms with Crippen molar-refractivity contribution in [2.24, 2.45) is 11.1 Å². The number of aryl methyl sites for hydroxylation is 2. The van der Waals surface area contributed by atoms with E-state index in [9.17, 15) is 4.79 Å². The number of carbonyl (C=O) groups excluding carboxylic acids is 1. The van der Waals surface area contributed by atoms with E-state index in [1.807, 2.05) is 6.07 Å². The van der Waals surface area contributed by atoms with Crippen LogP contribution in [0.2, 0.25) is 0 Å². The van der Waals surface area contributed by atoms with Crippen LogP contribution >= 0.6 is 0 Å². The Morgan fingerprint density at radius 2 is 1.89 bits per heavy atom. The van der Waals surface area contributed by atoms with E-state index >= 15 is 0 Å². The molecule has 0 aromatic heterocycles. The summed E-state index contributed by atoms with van der Waals surface area (Å²) in [5, 5.41) is 0. The van der Waals surface area contributed by atoms with Crippen LogP contribution in [0.3, 0.4) is 0 Å². The van der Waals surface area contributed by atoms with Crippen molar-refractivity contribution in [1.29, 1.82) is 0 Å². The van der Waals surface area contributed by atoms with Gasteiger partial charge in [0.1, 0.15) is 5.78 Å². The number of carbonyl (C=O) groups is 1. The van der Waals surface area contributed by atoms with E-state index in [1.54, 1.807) is 0 Å².